The van der Waals surface area contributed by atoms with Gasteiger partial charge in [0.2, 0.25) is 0 Å². The molecule has 5 heteroatoms. The number of ether oxygens (including phenoxy) is 1. The van der Waals surface area contributed by atoms with Gasteiger partial charge in [-0.2, -0.15) is 0 Å². The van der Waals surface area contributed by atoms with Crippen LogP contribution in [0, 0.1) is 6.92 Å². The van der Waals surface area contributed by atoms with Gasteiger partial charge in [-0.1, -0.05) is 0 Å². The fourth-order valence-electron chi connectivity index (χ4n) is 4.68. The van der Waals surface area contributed by atoms with Gasteiger partial charge in [0.05, 0.1) is 0 Å². The lowest BCUT2D eigenvalue weighted by Gasteiger charge is -2.17. The van der Waals surface area contributed by atoms with Crippen LogP contribution in [0.4, 0.5) is 5.69 Å². The van der Waals surface area contributed by atoms with E-state index in [1.807, 2.05) is 43.3 Å². The SMILES string of the molecule is Cc1c(OCC(=O)c2ccc(N3CCCC3)cc2)ccc2c3c(c(=O)oc12)CCC3. The Hall–Kier alpha value is -3.08. The van der Waals surface area contributed by atoms with Gasteiger partial charge in [-0.05, 0) is 81.0 Å². The molecular formula is C25H25NO4. The molecule has 1 aliphatic heterocycles. The molecule has 0 bridgehead atoms. The molecule has 154 valence electrons. The van der Waals surface area contributed by atoms with Crippen LogP contribution in [0.1, 0.15) is 46.3 Å². The topological polar surface area (TPSA) is 59.8 Å². The van der Waals surface area contributed by atoms with Gasteiger partial charge in [0.25, 0.3) is 0 Å². The van der Waals surface area contributed by atoms with Crippen LogP contribution >= 0.6 is 0 Å². The maximum Gasteiger partial charge on any atom is 0.339 e. The van der Waals surface area contributed by atoms with E-state index in [1.165, 1.54) is 12.8 Å². The van der Waals surface area contributed by atoms with Gasteiger partial charge >= 0.3 is 5.63 Å². The van der Waals surface area contributed by atoms with Crippen molar-refractivity contribution in [2.45, 2.75) is 39.0 Å². The summed E-state index contributed by atoms with van der Waals surface area (Å²) < 4.78 is 11.4. The largest absolute Gasteiger partial charge is 0.485 e. The summed E-state index contributed by atoms with van der Waals surface area (Å²) in [5.74, 6) is 0.503. The van der Waals surface area contributed by atoms with E-state index in [0.29, 0.717) is 16.9 Å². The molecule has 0 spiro atoms. The molecule has 1 aromatic heterocycles. The minimum atomic E-state index is -0.246. The molecule has 0 N–H and O–H groups in total. The van der Waals surface area contributed by atoms with Crippen LogP contribution in [0.3, 0.4) is 0 Å². The molecule has 0 atom stereocenters. The second-order valence-corrected chi connectivity index (χ2v) is 8.22. The zero-order valence-electron chi connectivity index (χ0n) is 17.2. The summed E-state index contributed by atoms with van der Waals surface area (Å²) in [4.78, 5) is 27.3. The van der Waals surface area contributed by atoms with Crippen LogP contribution in [0.15, 0.2) is 45.6 Å². The fraction of sp³-hybridized carbons (Fsp3) is 0.360. The van der Waals surface area contributed by atoms with Crippen LogP contribution in [0.5, 0.6) is 5.75 Å². The lowest BCUT2D eigenvalue weighted by molar-refractivity contribution is 0.0921. The Labute approximate surface area is 175 Å². The van der Waals surface area contributed by atoms with Gasteiger partial charge in [0.1, 0.15) is 11.3 Å². The van der Waals surface area contributed by atoms with E-state index in [0.717, 1.165) is 60.1 Å². The van der Waals surface area contributed by atoms with E-state index in [1.54, 1.807) is 0 Å². The number of carbonyl (C=O) groups excluding carboxylic acids is 1. The number of hydrogen-bond donors (Lipinski definition) is 0. The van der Waals surface area contributed by atoms with Crippen LogP contribution in [-0.2, 0) is 12.8 Å². The first-order valence-corrected chi connectivity index (χ1v) is 10.7. The highest BCUT2D eigenvalue weighted by Gasteiger charge is 2.21. The molecule has 2 aliphatic rings. The van der Waals surface area contributed by atoms with Gasteiger partial charge in [-0.3, -0.25) is 4.79 Å². The van der Waals surface area contributed by atoms with Crippen molar-refractivity contribution >= 4 is 22.4 Å². The Morgan fingerprint density at radius 1 is 1.00 bits per heavy atom. The minimum absolute atomic E-state index is 0.0510. The molecule has 5 rings (SSSR count). The van der Waals surface area contributed by atoms with E-state index in [2.05, 4.69) is 4.90 Å². The number of anilines is 1. The summed E-state index contributed by atoms with van der Waals surface area (Å²) >= 11 is 0. The normalized spacial score (nSPS) is 15.6. The number of benzene rings is 2. The maximum atomic E-state index is 12.6. The number of hydrogen-bond acceptors (Lipinski definition) is 5. The Morgan fingerprint density at radius 2 is 1.73 bits per heavy atom. The van der Waals surface area contributed by atoms with Crippen LogP contribution in [0.2, 0.25) is 0 Å². The van der Waals surface area contributed by atoms with E-state index < -0.39 is 0 Å². The molecule has 0 amide bonds. The molecule has 2 aromatic carbocycles. The van der Waals surface area contributed by atoms with Crippen molar-refractivity contribution in [1.82, 2.24) is 0 Å². The first-order valence-electron chi connectivity index (χ1n) is 10.7. The molecule has 5 nitrogen and oxygen atoms in total. The first-order chi connectivity index (χ1) is 14.6. The van der Waals surface area contributed by atoms with E-state index in [9.17, 15) is 9.59 Å². The third kappa shape index (κ3) is 3.28. The van der Waals surface area contributed by atoms with Crippen molar-refractivity contribution in [3.05, 3.63) is 69.1 Å². The number of carbonyl (C=O) groups is 1. The van der Waals surface area contributed by atoms with Crippen LogP contribution < -0.4 is 15.3 Å². The summed E-state index contributed by atoms with van der Waals surface area (Å²) in [6.07, 6.45) is 5.13. The van der Waals surface area contributed by atoms with Crippen molar-refractivity contribution in [2.75, 3.05) is 24.6 Å². The molecule has 0 radical (unpaired) electrons. The highest BCUT2D eigenvalue weighted by Crippen LogP contribution is 2.33. The monoisotopic (exact) mass is 403 g/mol. The van der Waals surface area contributed by atoms with Crippen molar-refractivity contribution in [2.24, 2.45) is 0 Å². The number of aryl methyl sites for hydroxylation is 2. The highest BCUT2D eigenvalue weighted by molar-refractivity contribution is 5.97. The summed E-state index contributed by atoms with van der Waals surface area (Å²) in [7, 11) is 0. The van der Waals surface area contributed by atoms with E-state index >= 15 is 0 Å². The zero-order chi connectivity index (χ0) is 20.7. The predicted molar refractivity (Wildman–Crippen MR) is 117 cm³/mol. The first kappa shape index (κ1) is 18.9. The zero-order valence-corrected chi connectivity index (χ0v) is 17.2. The third-order valence-electron chi connectivity index (χ3n) is 6.36. The maximum absolute atomic E-state index is 12.6. The molecule has 0 saturated carbocycles. The fourth-order valence-corrected chi connectivity index (χ4v) is 4.68. The van der Waals surface area contributed by atoms with Crippen molar-refractivity contribution in [3.63, 3.8) is 0 Å². The Kier molecular flexibility index (Phi) is 4.81. The summed E-state index contributed by atoms with van der Waals surface area (Å²) in [6.45, 7) is 3.98. The average Bonchev–Trinajstić information content (AvgIpc) is 3.46. The second kappa shape index (κ2) is 7.63. The summed E-state index contributed by atoms with van der Waals surface area (Å²) in [5.41, 5.74) is 4.80. The minimum Gasteiger partial charge on any atom is -0.485 e. The Bertz CT molecular complexity index is 1170. The smallest absolute Gasteiger partial charge is 0.339 e. The number of Topliss-reactive ketones (excluding diaryl/α,β-unsaturated/α-hetero) is 1. The van der Waals surface area contributed by atoms with Crippen molar-refractivity contribution in [3.8, 4) is 5.75 Å². The molecule has 0 unspecified atom stereocenters. The standard InChI is InChI=1S/C25H25NO4/c1-16-23(12-11-20-19-5-4-6-21(19)25(28)30-24(16)20)29-15-22(27)17-7-9-18(10-8-17)26-13-2-3-14-26/h7-12H,2-6,13-15H2,1H3. The van der Waals surface area contributed by atoms with Crippen molar-refractivity contribution < 1.29 is 13.9 Å². The van der Waals surface area contributed by atoms with E-state index in [4.69, 9.17) is 9.15 Å². The Morgan fingerprint density at radius 3 is 2.50 bits per heavy atom. The van der Waals surface area contributed by atoms with Crippen LogP contribution in [0.25, 0.3) is 11.0 Å². The lowest BCUT2D eigenvalue weighted by Crippen LogP contribution is -2.18. The Balaban J connectivity index is 1.33. The summed E-state index contributed by atoms with van der Waals surface area (Å²) in [5, 5.41) is 0.982. The molecule has 2 heterocycles. The quantitative estimate of drug-likeness (QED) is 0.465. The predicted octanol–water partition coefficient (Wildman–Crippen LogP) is 4.45. The number of fused-ring (bicyclic) bond motifs is 3. The molecule has 1 fully saturated rings. The van der Waals surface area contributed by atoms with Gasteiger partial charge < -0.3 is 14.1 Å². The molecule has 3 aromatic rings. The van der Waals surface area contributed by atoms with Gasteiger partial charge in [-0.15, -0.1) is 0 Å². The number of nitrogens with zero attached hydrogens (tertiary/aromatic N) is 1. The number of ketones is 1. The molecular weight excluding hydrogens is 378 g/mol. The van der Waals surface area contributed by atoms with Crippen LogP contribution in [-0.4, -0.2) is 25.5 Å². The molecule has 1 saturated heterocycles. The van der Waals surface area contributed by atoms with Crippen molar-refractivity contribution in [1.29, 1.82) is 0 Å². The summed E-state index contributed by atoms with van der Waals surface area (Å²) in [6, 6.07) is 11.6. The third-order valence-corrected chi connectivity index (χ3v) is 6.36. The van der Waals surface area contributed by atoms with Gasteiger partial charge in [-0.25, -0.2) is 4.79 Å². The van der Waals surface area contributed by atoms with Gasteiger partial charge in [0.15, 0.2) is 12.4 Å². The highest BCUT2D eigenvalue weighted by atomic mass is 16.5. The van der Waals surface area contributed by atoms with Gasteiger partial charge in [0, 0.05) is 40.9 Å². The van der Waals surface area contributed by atoms with E-state index in [-0.39, 0.29) is 18.0 Å². The second-order valence-electron chi connectivity index (χ2n) is 8.22. The molecule has 1 aliphatic carbocycles. The lowest BCUT2D eigenvalue weighted by atomic mass is 10.0. The number of rotatable bonds is 5. The molecule has 30 heavy (non-hydrogen) atoms. The average molecular weight is 403 g/mol.